The standard InChI is InChI=1S/C8H7BrN4O2S/c9-6-2-1-3-7(11-6)13-16(14,15)8-4-5-10-12-8/h1-5H,(H,10,12)(H,11,13). The summed E-state index contributed by atoms with van der Waals surface area (Å²) in [6, 6.07) is 6.30. The number of halogens is 1. The van der Waals surface area contributed by atoms with E-state index in [1.807, 2.05) is 0 Å². The predicted octanol–water partition coefficient (Wildman–Crippen LogP) is 1.37. The van der Waals surface area contributed by atoms with Gasteiger partial charge in [-0.15, -0.1) is 0 Å². The molecule has 0 saturated heterocycles. The van der Waals surface area contributed by atoms with Crippen molar-refractivity contribution in [3.63, 3.8) is 0 Å². The number of pyridine rings is 1. The van der Waals surface area contributed by atoms with E-state index in [4.69, 9.17) is 0 Å². The van der Waals surface area contributed by atoms with E-state index in [0.717, 1.165) is 0 Å². The monoisotopic (exact) mass is 302 g/mol. The van der Waals surface area contributed by atoms with Gasteiger partial charge in [0.05, 0.1) is 6.20 Å². The Morgan fingerprint density at radius 1 is 1.31 bits per heavy atom. The number of rotatable bonds is 3. The van der Waals surface area contributed by atoms with E-state index in [-0.39, 0.29) is 10.8 Å². The van der Waals surface area contributed by atoms with Crippen molar-refractivity contribution in [1.29, 1.82) is 0 Å². The van der Waals surface area contributed by atoms with Crippen LogP contribution in [0.5, 0.6) is 0 Å². The van der Waals surface area contributed by atoms with Crippen molar-refractivity contribution < 1.29 is 8.42 Å². The Bertz CT molecular complexity index is 582. The molecule has 2 aromatic heterocycles. The molecular weight excluding hydrogens is 296 g/mol. The second kappa shape index (κ2) is 4.22. The zero-order chi connectivity index (χ0) is 11.6. The van der Waals surface area contributed by atoms with Gasteiger partial charge in [0.15, 0.2) is 5.03 Å². The molecule has 0 unspecified atom stereocenters. The minimum atomic E-state index is -3.64. The fourth-order valence-electron chi connectivity index (χ4n) is 1.05. The van der Waals surface area contributed by atoms with Crippen LogP contribution in [0.15, 0.2) is 40.1 Å². The lowest BCUT2D eigenvalue weighted by atomic mass is 10.5. The first-order chi connectivity index (χ1) is 7.58. The molecular formula is C8H7BrN4O2S. The number of H-pyrrole nitrogens is 1. The molecule has 84 valence electrons. The Labute approximate surface area is 100 Å². The number of hydrogen-bond donors (Lipinski definition) is 2. The first-order valence-corrected chi connectivity index (χ1v) is 6.50. The van der Waals surface area contributed by atoms with Crippen LogP contribution in [0.2, 0.25) is 0 Å². The van der Waals surface area contributed by atoms with Crippen molar-refractivity contribution in [3.05, 3.63) is 35.1 Å². The SMILES string of the molecule is O=S(=O)(Nc1cccc(Br)n1)c1ccn[nH]1. The Kier molecular flexibility index (Phi) is 2.92. The van der Waals surface area contributed by atoms with E-state index in [9.17, 15) is 8.42 Å². The van der Waals surface area contributed by atoms with Gasteiger partial charge in [0.2, 0.25) is 0 Å². The minimum absolute atomic E-state index is 0.00530. The first-order valence-electron chi connectivity index (χ1n) is 4.23. The minimum Gasteiger partial charge on any atom is -0.266 e. The topological polar surface area (TPSA) is 87.7 Å². The van der Waals surface area contributed by atoms with Gasteiger partial charge < -0.3 is 0 Å². The maximum absolute atomic E-state index is 11.7. The lowest BCUT2D eigenvalue weighted by Crippen LogP contribution is -2.14. The Balaban J connectivity index is 2.29. The summed E-state index contributed by atoms with van der Waals surface area (Å²) in [7, 11) is -3.64. The maximum atomic E-state index is 11.7. The van der Waals surface area contributed by atoms with E-state index in [2.05, 4.69) is 35.8 Å². The van der Waals surface area contributed by atoms with Gasteiger partial charge in [-0.2, -0.15) is 13.5 Å². The van der Waals surface area contributed by atoms with Crippen LogP contribution in [0, 0.1) is 0 Å². The molecule has 2 N–H and O–H groups in total. The van der Waals surface area contributed by atoms with Gasteiger partial charge >= 0.3 is 0 Å². The van der Waals surface area contributed by atoms with E-state index < -0.39 is 10.0 Å². The molecule has 16 heavy (non-hydrogen) atoms. The molecule has 0 spiro atoms. The van der Waals surface area contributed by atoms with Gasteiger partial charge in [-0.3, -0.25) is 9.82 Å². The van der Waals surface area contributed by atoms with Crippen LogP contribution < -0.4 is 4.72 Å². The molecule has 2 aromatic rings. The fourth-order valence-corrected chi connectivity index (χ4v) is 2.31. The van der Waals surface area contributed by atoms with Crippen LogP contribution in [0.3, 0.4) is 0 Å². The van der Waals surface area contributed by atoms with Crippen LogP contribution in [0.25, 0.3) is 0 Å². The highest BCUT2D eigenvalue weighted by molar-refractivity contribution is 9.10. The molecule has 2 heterocycles. The molecule has 0 aliphatic rings. The Morgan fingerprint density at radius 2 is 2.12 bits per heavy atom. The molecule has 0 fully saturated rings. The van der Waals surface area contributed by atoms with Crippen LogP contribution in [0.4, 0.5) is 5.82 Å². The first kappa shape index (κ1) is 11.1. The number of hydrogen-bond acceptors (Lipinski definition) is 4. The summed E-state index contributed by atoms with van der Waals surface area (Å²) in [4.78, 5) is 3.96. The molecule has 0 bridgehead atoms. The number of aromatic nitrogens is 3. The molecule has 0 radical (unpaired) electrons. The lowest BCUT2D eigenvalue weighted by Gasteiger charge is -2.04. The Hall–Kier alpha value is -1.41. The van der Waals surface area contributed by atoms with Gasteiger partial charge in [0, 0.05) is 0 Å². The highest BCUT2D eigenvalue weighted by atomic mass is 79.9. The van der Waals surface area contributed by atoms with Crippen molar-refractivity contribution in [2.75, 3.05) is 4.72 Å². The van der Waals surface area contributed by atoms with Crippen molar-refractivity contribution in [1.82, 2.24) is 15.2 Å². The van der Waals surface area contributed by atoms with Crippen LogP contribution in [-0.4, -0.2) is 23.6 Å². The summed E-state index contributed by atoms with van der Waals surface area (Å²) in [5.74, 6) is 0.240. The molecule has 0 amide bonds. The largest absolute Gasteiger partial charge is 0.279 e. The average molecular weight is 303 g/mol. The van der Waals surface area contributed by atoms with Crippen molar-refractivity contribution >= 4 is 31.8 Å². The van der Waals surface area contributed by atoms with Crippen molar-refractivity contribution in [2.24, 2.45) is 0 Å². The van der Waals surface area contributed by atoms with E-state index in [1.54, 1.807) is 18.2 Å². The second-order valence-electron chi connectivity index (χ2n) is 2.87. The zero-order valence-electron chi connectivity index (χ0n) is 7.88. The van der Waals surface area contributed by atoms with E-state index in [0.29, 0.717) is 4.60 Å². The third kappa shape index (κ3) is 2.39. The molecule has 0 aliphatic carbocycles. The van der Waals surface area contributed by atoms with Gasteiger partial charge in [0.1, 0.15) is 10.4 Å². The molecule has 0 atom stereocenters. The number of anilines is 1. The summed E-state index contributed by atoms with van der Waals surface area (Å²) in [5.41, 5.74) is 0. The van der Waals surface area contributed by atoms with Crippen LogP contribution >= 0.6 is 15.9 Å². The average Bonchev–Trinajstić information content (AvgIpc) is 2.69. The summed E-state index contributed by atoms with van der Waals surface area (Å²) < 4.78 is 26.3. The summed E-state index contributed by atoms with van der Waals surface area (Å²) >= 11 is 3.15. The molecule has 0 aromatic carbocycles. The fraction of sp³-hybridized carbons (Fsp3) is 0. The van der Waals surface area contributed by atoms with Gasteiger partial charge in [0.25, 0.3) is 10.0 Å². The highest BCUT2D eigenvalue weighted by Gasteiger charge is 2.15. The number of nitrogens with one attached hydrogen (secondary N) is 2. The maximum Gasteiger partial charge on any atom is 0.279 e. The number of sulfonamides is 1. The number of aromatic amines is 1. The second-order valence-corrected chi connectivity index (χ2v) is 5.34. The molecule has 6 nitrogen and oxygen atoms in total. The third-order valence-corrected chi connectivity index (χ3v) is 3.44. The molecule has 2 rings (SSSR count). The van der Waals surface area contributed by atoms with Crippen molar-refractivity contribution in [3.8, 4) is 0 Å². The van der Waals surface area contributed by atoms with Gasteiger partial charge in [-0.25, -0.2) is 4.98 Å². The predicted molar refractivity (Wildman–Crippen MR) is 61.3 cm³/mol. The van der Waals surface area contributed by atoms with Crippen LogP contribution in [-0.2, 0) is 10.0 Å². The van der Waals surface area contributed by atoms with E-state index in [1.165, 1.54) is 12.3 Å². The summed E-state index contributed by atoms with van der Waals surface area (Å²) in [6.07, 6.45) is 1.36. The molecule has 0 saturated carbocycles. The van der Waals surface area contributed by atoms with Crippen molar-refractivity contribution in [2.45, 2.75) is 5.03 Å². The van der Waals surface area contributed by atoms with Crippen LogP contribution in [0.1, 0.15) is 0 Å². The smallest absolute Gasteiger partial charge is 0.266 e. The molecule has 8 heteroatoms. The lowest BCUT2D eigenvalue weighted by molar-refractivity contribution is 0.597. The highest BCUT2D eigenvalue weighted by Crippen LogP contribution is 2.14. The normalized spacial score (nSPS) is 11.3. The quantitative estimate of drug-likeness (QED) is 0.838. The molecule has 0 aliphatic heterocycles. The summed E-state index contributed by atoms with van der Waals surface area (Å²) in [5, 5.41) is 5.94. The Morgan fingerprint density at radius 3 is 2.75 bits per heavy atom. The van der Waals surface area contributed by atoms with Gasteiger partial charge in [-0.1, -0.05) is 6.07 Å². The third-order valence-electron chi connectivity index (χ3n) is 1.72. The zero-order valence-corrected chi connectivity index (χ0v) is 10.3. The summed E-state index contributed by atoms with van der Waals surface area (Å²) in [6.45, 7) is 0. The van der Waals surface area contributed by atoms with Gasteiger partial charge in [-0.05, 0) is 34.1 Å². The number of nitrogens with zero attached hydrogens (tertiary/aromatic N) is 2. The van der Waals surface area contributed by atoms with E-state index >= 15 is 0 Å².